The van der Waals surface area contributed by atoms with Gasteiger partial charge in [-0.1, -0.05) is 45.1 Å². The molecule has 0 spiro atoms. The van der Waals surface area contributed by atoms with Gasteiger partial charge in [0.05, 0.1) is 6.10 Å². The van der Waals surface area contributed by atoms with Crippen molar-refractivity contribution >= 4 is 0 Å². The Bertz CT molecular complexity index is 299. The maximum atomic E-state index is 10.0. The van der Waals surface area contributed by atoms with Crippen molar-refractivity contribution in [2.45, 2.75) is 58.5 Å². The molecule has 16 heavy (non-hydrogen) atoms. The molecule has 0 aromatic carbocycles. The Balaban J connectivity index is 2.30. The van der Waals surface area contributed by atoms with Crippen molar-refractivity contribution in [3.8, 4) is 0 Å². The van der Waals surface area contributed by atoms with Gasteiger partial charge in [-0.3, -0.25) is 4.98 Å². The number of aryl methyl sites for hydroxylation is 1. The van der Waals surface area contributed by atoms with Crippen LogP contribution in [0.3, 0.4) is 0 Å². The molecular weight excluding hydrogens is 198 g/mol. The number of hydrogen-bond acceptors (Lipinski definition) is 2. The minimum absolute atomic E-state index is 0.338. The summed E-state index contributed by atoms with van der Waals surface area (Å²) in [7, 11) is 0. The van der Waals surface area contributed by atoms with Crippen molar-refractivity contribution in [1.82, 2.24) is 4.98 Å². The SMILES string of the molecule is CCCCCCCC(O)c1cccnc1C. The van der Waals surface area contributed by atoms with E-state index in [0.29, 0.717) is 0 Å². The minimum atomic E-state index is -0.338. The van der Waals surface area contributed by atoms with Crippen molar-refractivity contribution in [3.63, 3.8) is 0 Å². The molecule has 1 aromatic rings. The molecule has 90 valence electrons. The quantitative estimate of drug-likeness (QED) is 0.711. The lowest BCUT2D eigenvalue weighted by molar-refractivity contribution is 0.162. The molecule has 1 heterocycles. The molecule has 0 aliphatic carbocycles. The summed E-state index contributed by atoms with van der Waals surface area (Å²) in [5.74, 6) is 0. The molecule has 0 radical (unpaired) electrons. The standard InChI is InChI=1S/C14H23NO/c1-3-4-5-6-7-10-14(16)13-9-8-11-15-12(13)2/h8-9,11,14,16H,3-7,10H2,1-2H3. The van der Waals surface area contributed by atoms with Gasteiger partial charge >= 0.3 is 0 Å². The first-order valence-corrected chi connectivity index (χ1v) is 6.35. The van der Waals surface area contributed by atoms with Gasteiger partial charge in [0.1, 0.15) is 0 Å². The molecular formula is C14H23NO. The van der Waals surface area contributed by atoms with Crippen LogP contribution >= 0.6 is 0 Å². The van der Waals surface area contributed by atoms with Crippen LogP contribution < -0.4 is 0 Å². The number of aromatic nitrogens is 1. The van der Waals surface area contributed by atoms with Crippen LogP contribution in [0.1, 0.15) is 62.8 Å². The van der Waals surface area contributed by atoms with Crippen LogP contribution in [0.25, 0.3) is 0 Å². The Morgan fingerprint density at radius 2 is 2.00 bits per heavy atom. The highest BCUT2D eigenvalue weighted by atomic mass is 16.3. The van der Waals surface area contributed by atoms with Crippen molar-refractivity contribution < 1.29 is 5.11 Å². The molecule has 1 N–H and O–H groups in total. The molecule has 2 nitrogen and oxygen atoms in total. The van der Waals surface area contributed by atoms with Crippen LogP contribution in [0.4, 0.5) is 0 Å². The molecule has 0 amide bonds. The lowest BCUT2D eigenvalue weighted by Crippen LogP contribution is -2.01. The van der Waals surface area contributed by atoms with E-state index in [0.717, 1.165) is 24.1 Å². The predicted octanol–water partition coefficient (Wildman–Crippen LogP) is 3.78. The van der Waals surface area contributed by atoms with E-state index < -0.39 is 0 Å². The normalized spacial score (nSPS) is 12.7. The summed E-state index contributed by atoms with van der Waals surface area (Å²) < 4.78 is 0. The second-order valence-corrected chi connectivity index (χ2v) is 4.40. The van der Waals surface area contributed by atoms with E-state index in [1.807, 2.05) is 19.1 Å². The Labute approximate surface area is 98.7 Å². The maximum absolute atomic E-state index is 10.0. The smallest absolute Gasteiger partial charge is 0.0807 e. The largest absolute Gasteiger partial charge is 0.388 e. The van der Waals surface area contributed by atoms with E-state index in [2.05, 4.69) is 11.9 Å². The van der Waals surface area contributed by atoms with Crippen LogP contribution in [0, 0.1) is 6.92 Å². The average molecular weight is 221 g/mol. The van der Waals surface area contributed by atoms with E-state index in [9.17, 15) is 5.11 Å². The van der Waals surface area contributed by atoms with Gasteiger partial charge in [-0.15, -0.1) is 0 Å². The molecule has 1 unspecified atom stereocenters. The maximum Gasteiger partial charge on any atom is 0.0807 e. The summed E-state index contributed by atoms with van der Waals surface area (Å²) >= 11 is 0. The predicted molar refractivity (Wildman–Crippen MR) is 67.3 cm³/mol. The number of hydrogen-bond donors (Lipinski definition) is 1. The molecule has 0 aliphatic rings. The average Bonchev–Trinajstić information content (AvgIpc) is 2.29. The van der Waals surface area contributed by atoms with Crippen LogP contribution in [-0.4, -0.2) is 10.1 Å². The Morgan fingerprint density at radius 3 is 2.69 bits per heavy atom. The van der Waals surface area contributed by atoms with E-state index in [-0.39, 0.29) is 6.10 Å². The zero-order valence-electron chi connectivity index (χ0n) is 10.4. The second kappa shape index (κ2) is 7.39. The molecule has 0 fully saturated rings. The number of aliphatic hydroxyl groups is 1. The zero-order valence-corrected chi connectivity index (χ0v) is 10.4. The second-order valence-electron chi connectivity index (χ2n) is 4.40. The summed E-state index contributed by atoms with van der Waals surface area (Å²) in [5, 5.41) is 10.0. The molecule has 2 heteroatoms. The molecule has 0 aliphatic heterocycles. The fourth-order valence-corrected chi connectivity index (χ4v) is 1.95. The van der Waals surface area contributed by atoms with Gasteiger partial charge in [-0.2, -0.15) is 0 Å². The highest BCUT2D eigenvalue weighted by molar-refractivity contribution is 5.20. The topological polar surface area (TPSA) is 33.1 Å². The third-order valence-electron chi connectivity index (χ3n) is 2.99. The molecule has 1 aromatic heterocycles. The Morgan fingerprint density at radius 1 is 1.25 bits per heavy atom. The van der Waals surface area contributed by atoms with E-state index in [4.69, 9.17) is 0 Å². The third kappa shape index (κ3) is 4.31. The zero-order chi connectivity index (χ0) is 11.8. The highest BCUT2D eigenvalue weighted by Gasteiger charge is 2.09. The molecule has 0 bridgehead atoms. The number of pyridine rings is 1. The summed E-state index contributed by atoms with van der Waals surface area (Å²) in [5.41, 5.74) is 1.93. The first kappa shape index (κ1) is 13.2. The van der Waals surface area contributed by atoms with Crippen LogP contribution in [0.2, 0.25) is 0 Å². The van der Waals surface area contributed by atoms with Gasteiger partial charge < -0.3 is 5.11 Å². The summed E-state index contributed by atoms with van der Waals surface area (Å²) in [6.07, 6.45) is 8.49. The monoisotopic (exact) mass is 221 g/mol. The van der Waals surface area contributed by atoms with Gasteiger partial charge in [-0.05, 0) is 19.4 Å². The molecule has 0 saturated carbocycles. The highest BCUT2D eigenvalue weighted by Crippen LogP contribution is 2.21. The van der Waals surface area contributed by atoms with Gasteiger partial charge in [-0.25, -0.2) is 0 Å². The lowest BCUT2D eigenvalue weighted by Gasteiger charge is -2.12. The van der Waals surface area contributed by atoms with Crippen LogP contribution in [0.15, 0.2) is 18.3 Å². The first-order valence-electron chi connectivity index (χ1n) is 6.35. The van der Waals surface area contributed by atoms with Crippen molar-refractivity contribution in [2.24, 2.45) is 0 Å². The third-order valence-corrected chi connectivity index (χ3v) is 2.99. The number of nitrogens with zero attached hydrogens (tertiary/aromatic N) is 1. The fourth-order valence-electron chi connectivity index (χ4n) is 1.95. The molecule has 1 rings (SSSR count). The Hall–Kier alpha value is -0.890. The van der Waals surface area contributed by atoms with Gasteiger partial charge in [0.2, 0.25) is 0 Å². The molecule has 0 saturated heterocycles. The van der Waals surface area contributed by atoms with Crippen molar-refractivity contribution in [3.05, 3.63) is 29.6 Å². The van der Waals surface area contributed by atoms with Crippen molar-refractivity contribution in [1.29, 1.82) is 0 Å². The van der Waals surface area contributed by atoms with Crippen LogP contribution in [-0.2, 0) is 0 Å². The van der Waals surface area contributed by atoms with E-state index in [1.165, 1.54) is 25.7 Å². The number of rotatable bonds is 7. The van der Waals surface area contributed by atoms with Crippen molar-refractivity contribution in [2.75, 3.05) is 0 Å². The summed E-state index contributed by atoms with van der Waals surface area (Å²) in [6, 6.07) is 3.86. The van der Waals surface area contributed by atoms with Gasteiger partial charge in [0.15, 0.2) is 0 Å². The fraction of sp³-hybridized carbons (Fsp3) is 0.643. The first-order chi connectivity index (χ1) is 7.75. The molecule has 1 atom stereocenters. The summed E-state index contributed by atoms with van der Waals surface area (Å²) in [4.78, 5) is 4.20. The lowest BCUT2D eigenvalue weighted by atomic mass is 10.0. The Kier molecular flexibility index (Phi) is 6.09. The van der Waals surface area contributed by atoms with Crippen LogP contribution in [0.5, 0.6) is 0 Å². The van der Waals surface area contributed by atoms with E-state index >= 15 is 0 Å². The summed E-state index contributed by atoms with van der Waals surface area (Å²) in [6.45, 7) is 4.17. The van der Waals surface area contributed by atoms with E-state index in [1.54, 1.807) is 6.20 Å². The van der Waals surface area contributed by atoms with Gasteiger partial charge in [0.25, 0.3) is 0 Å². The number of unbranched alkanes of at least 4 members (excludes halogenated alkanes) is 4. The minimum Gasteiger partial charge on any atom is -0.388 e. The van der Waals surface area contributed by atoms with Gasteiger partial charge in [0, 0.05) is 17.5 Å². The number of aliphatic hydroxyl groups excluding tert-OH is 1.